The van der Waals surface area contributed by atoms with Crippen molar-refractivity contribution in [2.24, 2.45) is 5.92 Å². The molecule has 8 heteroatoms. The summed E-state index contributed by atoms with van der Waals surface area (Å²) in [6.07, 6.45) is 1.04. The van der Waals surface area contributed by atoms with Crippen molar-refractivity contribution < 1.29 is 19.5 Å². The number of aryl methyl sites for hydroxylation is 2. The van der Waals surface area contributed by atoms with Crippen LogP contribution in [0.4, 0.5) is 0 Å². The van der Waals surface area contributed by atoms with E-state index in [0.29, 0.717) is 30.8 Å². The zero-order valence-corrected chi connectivity index (χ0v) is 14.9. The molecule has 0 aliphatic carbocycles. The van der Waals surface area contributed by atoms with Crippen LogP contribution in [0.1, 0.15) is 39.6 Å². The van der Waals surface area contributed by atoms with E-state index in [-0.39, 0.29) is 18.2 Å². The quantitative estimate of drug-likeness (QED) is 0.867. The molecule has 0 saturated carbocycles. The standard InChI is InChI=1S/C16H21N3O4S/c1-9-13(24-10(2)17-9)14(21)19-6-4-16(5-7-19)11(15(22)23)8-12(20)18(16)3/h11H,4-8H2,1-3H3,(H,22,23)/t11-/m0/s1. The second kappa shape index (κ2) is 5.84. The average molecular weight is 351 g/mol. The molecule has 1 aromatic rings. The fourth-order valence-electron chi connectivity index (χ4n) is 3.96. The van der Waals surface area contributed by atoms with Crippen LogP contribution in [0.25, 0.3) is 0 Å². The monoisotopic (exact) mass is 351 g/mol. The molecule has 2 fully saturated rings. The van der Waals surface area contributed by atoms with Crippen molar-refractivity contribution in [2.75, 3.05) is 20.1 Å². The Morgan fingerprint density at radius 1 is 1.29 bits per heavy atom. The van der Waals surface area contributed by atoms with E-state index in [2.05, 4.69) is 4.98 Å². The van der Waals surface area contributed by atoms with E-state index in [4.69, 9.17) is 0 Å². The third-order valence-electron chi connectivity index (χ3n) is 5.38. The van der Waals surface area contributed by atoms with E-state index in [1.165, 1.54) is 11.3 Å². The van der Waals surface area contributed by atoms with E-state index in [1.54, 1.807) is 16.8 Å². The van der Waals surface area contributed by atoms with Crippen LogP contribution < -0.4 is 0 Å². The van der Waals surface area contributed by atoms with Crippen LogP contribution in [0.2, 0.25) is 0 Å². The molecule has 0 radical (unpaired) electrons. The molecular formula is C16H21N3O4S. The average Bonchev–Trinajstić information content (AvgIpc) is 2.99. The molecule has 1 N–H and O–H groups in total. The van der Waals surface area contributed by atoms with Gasteiger partial charge in [-0.3, -0.25) is 14.4 Å². The Labute approximate surface area is 144 Å². The molecular weight excluding hydrogens is 330 g/mol. The number of likely N-dealkylation sites (tertiary alicyclic amines) is 2. The zero-order chi connectivity index (χ0) is 17.6. The molecule has 7 nitrogen and oxygen atoms in total. The largest absolute Gasteiger partial charge is 0.481 e. The summed E-state index contributed by atoms with van der Waals surface area (Å²) in [6, 6.07) is 0. The SMILES string of the molecule is Cc1nc(C)c(C(=O)N2CCC3(CC2)[C@H](C(=O)O)CC(=O)N3C)s1. The van der Waals surface area contributed by atoms with E-state index in [0.717, 1.165) is 10.7 Å². The Morgan fingerprint density at radius 2 is 1.92 bits per heavy atom. The van der Waals surface area contributed by atoms with E-state index >= 15 is 0 Å². The van der Waals surface area contributed by atoms with Crippen molar-refractivity contribution in [1.29, 1.82) is 0 Å². The van der Waals surface area contributed by atoms with Gasteiger partial charge < -0.3 is 14.9 Å². The Balaban J connectivity index is 1.77. The summed E-state index contributed by atoms with van der Waals surface area (Å²) in [7, 11) is 1.68. The van der Waals surface area contributed by atoms with Gasteiger partial charge in [0.2, 0.25) is 5.91 Å². The second-order valence-corrected chi connectivity index (χ2v) is 7.79. The first kappa shape index (κ1) is 16.9. The summed E-state index contributed by atoms with van der Waals surface area (Å²) >= 11 is 1.39. The highest BCUT2D eigenvalue weighted by Gasteiger charge is 2.55. The van der Waals surface area contributed by atoms with Crippen LogP contribution in [-0.2, 0) is 9.59 Å². The van der Waals surface area contributed by atoms with Crippen LogP contribution >= 0.6 is 11.3 Å². The Morgan fingerprint density at radius 3 is 2.42 bits per heavy atom. The van der Waals surface area contributed by atoms with E-state index < -0.39 is 17.4 Å². The highest BCUT2D eigenvalue weighted by Crippen LogP contribution is 2.43. The van der Waals surface area contributed by atoms with Gasteiger partial charge >= 0.3 is 5.97 Å². The van der Waals surface area contributed by atoms with E-state index in [1.807, 2.05) is 13.8 Å². The number of carboxylic acid groups (broad SMARTS) is 1. The molecule has 2 saturated heterocycles. The Hall–Kier alpha value is -1.96. The van der Waals surface area contributed by atoms with Crippen molar-refractivity contribution in [1.82, 2.24) is 14.8 Å². The minimum absolute atomic E-state index is 0.0485. The molecule has 2 aliphatic heterocycles. The minimum Gasteiger partial charge on any atom is -0.481 e. The number of carboxylic acids is 1. The maximum absolute atomic E-state index is 12.7. The van der Waals surface area contributed by atoms with Crippen molar-refractivity contribution in [3.63, 3.8) is 0 Å². The van der Waals surface area contributed by atoms with Gasteiger partial charge in [0.05, 0.1) is 22.2 Å². The Bertz CT molecular complexity index is 706. The number of thiazole rings is 1. The maximum atomic E-state index is 12.7. The summed E-state index contributed by atoms with van der Waals surface area (Å²) in [4.78, 5) is 44.6. The highest BCUT2D eigenvalue weighted by molar-refractivity contribution is 7.13. The van der Waals surface area contributed by atoms with Crippen LogP contribution in [0, 0.1) is 19.8 Å². The van der Waals surface area contributed by atoms with Crippen molar-refractivity contribution in [2.45, 2.75) is 38.6 Å². The number of amides is 2. The van der Waals surface area contributed by atoms with Gasteiger partial charge in [-0.05, 0) is 26.7 Å². The lowest BCUT2D eigenvalue weighted by Gasteiger charge is -2.45. The molecule has 2 amide bonds. The van der Waals surface area contributed by atoms with Crippen molar-refractivity contribution in [3.8, 4) is 0 Å². The van der Waals surface area contributed by atoms with Crippen LogP contribution in [0.3, 0.4) is 0 Å². The minimum atomic E-state index is -0.929. The summed E-state index contributed by atoms with van der Waals surface area (Å²) in [5.41, 5.74) is 0.0672. The first-order chi connectivity index (χ1) is 11.3. The summed E-state index contributed by atoms with van der Waals surface area (Å²) in [6.45, 7) is 4.61. The fraction of sp³-hybridized carbons (Fsp3) is 0.625. The van der Waals surface area contributed by atoms with Crippen LogP contribution in [0.5, 0.6) is 0 Å². The summed E-state index contributed by atoms with van der Waals surface area (Å²) in [5.74, 6) is -1.80. The zero-order valence-electron chi connectivity index (χ0n) is 14.0. The molecule has 1 aromatic heterocycles. The van der Waals surface area contributed by atoms with Gasteiger partial charge in [-0.15, -0.1) is 11.3 Å². The molecule has 1 spiro atoms. The number of piperidine rings is 1. The smallest absolute Gasteiger partial charge is 0.309 e. The lowest BCUT2D eigenvalue weighted by molar-refractivity contribution is -0.145. The predicted molar refractivity (Wildman–Crippen MR) is 88.0 cm³/mol. The van der Waals surface area contributed by atoms with Gasteiger partial charge in [-0.25, -0.2) is 4.98 Å². The highest BCUT2D eigenvalue weighted by atomic mass is 32.1. The molecule has 3 heterocycles. The summed E-state index contributed by atoms with van der Waals surface area (Å²) < 4.78 is 0. The van der Waals surface area contributed by atoms with Gasteiger partial charge in [-0.1, -0.05) is 0 Å². The molecule has 0 bridgehead atoms. The predicted octanol–water partition coefficient (Wildman–Crippen LogP) is 1.30. The van der Waals surface area contributed by atoms with Gasteiger partial charge in [0.15, 0.2) is 0 Å². The Kier molecular flexibility index (Phi) is 4.11. The molecule has 24 heavy (non-hydrogen) atoms. The lowest BCUT2D eigenvalue weighted by Crippen LogP contribution is -2.56. The number of aliphatic carboxylic acids is 1. The van der Waals surface area contributed by atoms with Crippen LogP contribution in [0.15, 0.2) is 0 Å². The van der Waals surface area contributed by atoms with E-state index in [9.17, 15) is 19.5 Å². The molecule has 130 valence electrons. The van der Waals surface area contributed by atoms with Crippen LogP contribution in [-0.4, -0.2) is 63.4 Å². The van der Waals surface area contributed by atoms with Gasteiger partial charge in [-0.2, -0.15) is 0 Å². The molecule has 2 aliphatic rings. The van der Waals surface area contributed by atoms with Crippen molar-refractivity contribution >= 4 is 29.1 Å². The lowest BCUT2D eigenvalue weighted by atomic mass is 9.77. The third kappa shape index (κ3) is 2.49. The molecule has 0 unspecified atom stereocenters. The van der Waals surface area contributed by atoms with Crippen molar-refractivity contribution in [3.05, 3.63) is 15.6 Å². The normalized spacial score (nSPS) is 23.1. The van der Waals surface area contributed by atoms with Gasteiger partial charge in [0.1, 0.15) is 4.88 Å². The number of carbonyl (C=O) groups is 3. The second-order valence-electron chi connectivity index (χ2n) is 6.59. The fourth-order valence-corrected chi connectivity index (χ4v) is 4.84. The molecule has 0 aromatic carbocycles. The number of rotatable bonds is 2. The first-order valence-corrected chi connectivity index (χ1v) is 8.80. The molecule has 1 atom stereocenters. The topological polar surface area (TPSA) is 90.8 Å². The maximum Gasteiger partial charge on any atom is 0.309 e. The number of nitrogens with zero attached hydrogens (tertiary/aromatic N) is 3. The number of hydrogen-bond acceptors (Lipinski definition) is 5. The van der Waals surface area contributed by atoms with Gasteiger partial charge in [0.25, 0.3) is 5.91 Å². The number of hydrogen-bond donors (Lipinski definition) is 1. The third-order valence-corrected chi connectivity index (χ3v) is 6.44. The number of aromatic nitrogens is 1. The number of carbonyl (C=O) groups excluding carboxylic acids is 2. The summed E-state index contributed by atoms with van der Waals surface area (Å²) in [5, 5.41) is 10.4. The first-order valence-electron chi connectivity index (χ1n) is 7.99. The molecule has 3 rings (SSSR count). The van der Waals surface area contributed by atoms with Gasteiger partial charge in [0, 0.05) is 26.6 Å².